The Kier molecular flexibility index (Phi) is 9.16. The van der Waals surface area contributed by atoms with E-state index in [1.165, 1.54) is 6.92 Å². The molecule has 2 amide bonds. The Labute approximate surface area is 248 Å². The molecule has 43 heavy (non-hydrogen) atoms. The maximum atomic E-state index is 13.4. The van der Waals surface area contributed by atoms with Crippen molar-refractivity contribution in [2.24, 2.45) is 0 Å². The minimum absolute atomic E-state index is 0.00417. The number of hydrogen-bond donors (Lipinski definition) is 2. The third kappa shape index (κ3) is 7.44. The number of amides is 2. The number of nitrogens with zero attached hydrogens (tertiary/aromatic N) is 3. The van der Waals surface area contributed by atoms with Crippen LogP contribution in [-0.2, 0) is 10.9 Å². The molecule has 1 aromatic heterocycles. The van der Waals surface area contributed by atoms with Gasteiger partial charge in [0, 0.05) is 38.3 Å². The standard InChI is InChI=1S/C31H34F3N5O4/c1-20-23(10-12-28(35-20)31(32,33)34)30(41)37-25-18-21(9-11-26(25)39-15-13-38(2)14-16-39)29(40)36-24-7-3-4-8-27(24)43-19-22-6-5-17-42-22/h3-4,7-12,18,22H,5-6,13-17,19H2,1-2H3,(H,36,40)(H,37,41)/t22-/m0/s1. The molecule has 3 aromatic rings. The average molecular weight is 598 g/mol. The lowest BCUT2D eigenvalue weighted by molar-refractivity contribution is -0.141. The van der Waals surface area contributed by atoms with E-state index in [1.54, 1.807) is 36.4 Å². The summed E-state index contributed by atoms with van der Waals surface area (Å²) in [6, 6.07) is 14.0. The van der Waals surface area contributed by atoms with Gasteiger partial charge in [0.1, 0.15) is 18.1 Å². The van der Waals surface area contributed by atoms with Crippen molar-refractivity contribution in [2.45, 2.75) is 32.0 Å². The number of carbonyl (C=O) groups is 2. The van der Waals surface area contributed by atoms with Crippen LogP contribution in [0.2, 0.25) is 0 Å². The molecule has 0 spiro atoms. The third-order valence-corrected chi connectivity index (χ3v) is 7.56. The van der Waals surface area contributed by atoms with Crippen LogP contribution in [0.3, 0.4) is 0 Å². The number of hydrogen-bond acceptors (Lipinski definition) is 7. The molecule has 0 bridgehead atoms. The van der Waals surface area contributed by atoms with Crippen molar-refractivity contribution in [3.05, 3.63) is 77.1 Å². The van der Waals surface area contributed by atoms with Crippen molar-refractivity contribution in [1.29, 1.82) is 0 Å². The van der Waals surface area contributed by atoms with E-state index in [-0.39, 0.29) is 22.9 Å². The van der Waals surface area contributed by atoms with Crippen LogP contribution in [0, 0.1) is 6.92 Å². The van der Waals surface area contributed by atoms with Crippen LogP contribution >= 0.6 is 0 Å². The highest BCUT2D eigenvalue weighted by molar-refractivity contribution is 6.09. The van der Waals surface area contributed by atoms with Gasteiger partial charge in [-0.3, -0.25) is 9.59 Å². The summed E-state index contributed by atoms with van der Waals surface area (Å²) in [6.45, 7) is 5.45. The summed E-state index contributed by atoms with van der Waals surface area (Å²) in [5.74, 6) is -0.528. The molecule has 3 heterocycles. The van der Waals surface area contributed by atoms with Gasteiger partial charge in [-0.1, -0.05) is 12.1 Å². The molecule has 2 fully saturated rings. The van der Waals surface area contributed by atoms with Gasteiger partial charge >= 0.3 is 6.18 Å². The quantitative estimate of drug-likeness (QED) is 0.368. The molecule has 12 heteroatoms. The number of carbonyl (C=O) groups excluding carboxylic acids is 2. The highest BCUT2D eigenvalue weighted by Gasteiger charge is 2.33. The van der Waals surface area contributed by atoms with E-state index in [2.05, 4.69) is 25.4 Å². The van der Waals surface area contributed by atoms with Crippen molar-refractivity contribution in [3.63, 3.8) is 0 Å². The summed E-state index contributed by atoms with van der Waals surface area (Å²) in [6.07, 6.45) is -2.69. The molecule has 9 nitrogen and oxygen atoms in total. The van der Waals surface area contributed by atoms with Gasteiger partial charge in [0.25, 0.3) is 11.8 Å². The van der Waals surface area contributed by atoms with Gasteiger partial charge in [0.05, 0.1) is 34.4 Å². The second kappa shape index (κ2) is 13.0. The summed E-state index contributed by atoms with van der Waals surface area (Å²) in [7, 11) is 2.02. The van der Waals surface area contributed by atoms with E-state index in [0.717, 1.165) is 38.1 Å². The zero-order valence-electron chi connectivity index (χ0n) is 24.0. The Morgan fingerprint density at radius 2 is 1.74 bits per heavy atom. The number of anilines is 3. The first-order valence-electron chi connectivity index (χ1n) is 14.2. The lowest BCUT2D eigenvalue weighted by Gasteiger charge is -2.35. The average Bonchev–Trinajstić information content (AvgIpc) is 3.50. The Morgan fingerprint density at radius 1 is 1.00 bits per heavy atom. The van der Waals surface area contributed by atoms with Crippen molar-refractivity contribution < 1.29 is 32.2 Å². The molecule has 2 aliphatic heterocycles. The number of rotatable bonds is 8. The highest BCUT2D eigenvalue weighted by Crippen LogP contribution is 2.32. The van der Waals surface area contributed by atoms with Crippen LogP contribution in [0.5, 0.6) is 5.75 Å². The minimum Gasteiger partial charge on any atom is -0.489 e. The molecule has 0 saturated carbocycles. The first kappa shape index (κ1) is 30.3. The molecule has 1 atom stereocenters. The van der Waals surface area contributed by atoms with Crippen LogP contribution in [-0.4, -0.2) is 74.2 Å². The largest absolute Gasteiger partial charge is 0.489 e. The van der Waals surface area contributed by atoms with Gasteiger partial charge < -0.3 is 29.9 Å². The van der Waals surface area contributed by atoms with Crippen molar-refractivity contribution >= 4 is 28.9 Å². The Bertz CT molecular complexity index is 1470. The third-order valence-electron chi connectivity index (χ3n) is 7.56. The van der Waals surface area contributed by atoms with Gasteiger partial charge in [-0.15, -0.1) is 0 Å². The molecule has 0 aliphatic carbocycles. The maximum absolute atomic E-state index is 13.4. The van der Waals surface area contributed by atoms with Crippen molar-refractivity contribution in [3.8, 4) is 5.75 Å². The van der Waals surface area contributed by atoms with Crippen molar-refractivity contribution in [1.82, 2.24) is 9.88 Å². The van der Waals surface area contributed by atoms with Crippen LogP contribution < -0.4 is 20.3 Å². The summed E-state index contributed by atoms with van der Waals surface area (Å²) in [5.41, 5.74) is 0.722. The smallest absolute Gasteiger partial charge is 0.433 e. The number of likely N-dealkylation sites (N-methyl/N-ethyl adjacent to an activating group) is 1. The number of ether oxygens (including phenoxy) is 2. The lowest BCUT2D eigenvalue weighted by Crippen LogP contribution is -2.44. The predicted molar refractivity (Wildman–Crippen MR) is 157 cm³/mol. The van der Waals surface area contributed by atoms with E-state index < -0.39 is 23.7 Å². The monoisotopic (exact) mass is 597 g/mol. The van der Waals surface area contributed by atoms with Crippen LogP contribution in [0.25, 0.3) is 0 Å². The van der Waals surface area contributed by atoms with E-state index in [9.17, 15) is 22.8 Å². The van der Waals surface area contributed by atoms with Crippen LogP contribution in [0.15, 0.2) is 54.6 Å². The molecular weight excluding hydrogens is 563 g/mol. The Balaban J connectivity index is 1.38. The second-order valence-corrected chi connectivity index (χ2v) is 10.7. The fourth-order valence-corrected chi connectivity index (χ4v) is 5.10. The Hall–Kier alpha value is -4.16. The molecular formula is C31H34F3N5O4. The normalized spacial score (nSPS) is 17.5. The summed E-state index contributed by atoms with van der Waals surface area (Å²) in [4.78, 5) is 34.6. The van der Waals surface area contributed by atoms with Gasteiger partial charge in [-0.25, -0.2) is 4.98 Å². The molecule has 2 saturated heterocycles. The summed E-state index contributed by atoms with van der Waals surface area (Å²) < 4.78 is 51.0. The summed E-state index contributed by atoms with van der Waals surface area (Å²) >= 11 is 0. The van der Waals surface area contributed by atoms with E-state index >= 15 is 0 Å². The molecule has 2 N–H and O–H groups in total. The van der Waals surface area contributed by atoms with Crippen molar-refractivity contribution in [2.75, 3.05) is 62.0 Å². The fourth-order valence-electron chi connectivity index (χ4n) is 5.10. The molecule has 2 aliphatic rings. The number of alkyl halides is 3. The first-order valence-corrected chi connectivity index (χ1v) is 14.2. The van der Waals surface area contributed by atoms with Gasteiger partial charge in [-0.05, 0) is 69.3 Å². The number of aryl methyl sites for hydroxylation is 1. The molecule has 2 aromatic carbocycles. The maximum Gasteiger partial charge on any atom is 0.433 e. The van der Waals surface area contributed by atoms with E-state index in [4.69, 9.17) is 9.47 Å². The van der Waals surface area contributed by atoms with E-state index in [0.29, 0.717) is 49.1 Å². The lowest BCUT2D eigenvalue weighted by atomic mass is 10.1. The molecule has 5 rings (SSSR count). The summed E-state index contributed by atoms with van der Waals surface area (Å²) in [5, 5.41) is 5.72. The second-order valence-electron chi connectivity index (χ2n) is 10.7. The van der Waals surface area contributed by atoms with E-state index in [1.807, 2.05) is 13.1 Å². The SMILES string of the molecule is Cc1nc(C(F)(F)F)ccc1C(=O)Nc1cc(C(=O)Nc2ccccc2OC[C@@H]2CCCO2)ccc1N1CCN(C)CC1. The zero-order chi connectivity index (χ0) is 30.6. The van der Waals surface area contributed by atoms with Crippen LogP contribution in [0.4, 0.5) is 30.2 Å². The van der Waals surface area contributed by atoms with Gasteiger partial charge in [-0.2, -0.15) is 13.2 Å². The number of pyridine rings is 1. The number of nitrogens with one attached hydrogen (secondary N) is 2. The number of aromatic nitrogens is 1. The predicted octanol–water partition coefficient (Wildman–Crippen LogP) is 5.22. The number of benzene rings is 2. The minimum atomic E-state index is -4.62. The Morgan fingerprint density at radius 3 is 2.44 bits per heavy atom. The highest BCUT2D eigenvalue weighted by atomic mass is 19.4. The topological polar surface area (TPSA) is 96.0 Å². The zero-order valence-corrected chi connectivity index (χ0v) is 24.0. The number of para-hydroxylation sites is 2. The molecule has 0 unspecified atom stereocenters. The fraction of sp³-hybridized carbons (Fsp3) is 0.387. The number of halogens is 3. The van der Waals surface area contributed by atoms with Gasteiger partial charge in [0.2, 0.25) is 0 Å². The van der Waals surface area contributed by atoms with Crippen LogP contribution in [0.1, 0.15) is 44.9 Å². The number of piperazine rings is 1. The first-order chi connectivity index (χ1) is 20.6. The van der Waals surface area contributed by atoms with Gasteiger partial charge in [0.15, 0.2) is 0 Å². The molecule has 228 valence electrons. The molecule has 0 radical (unpaired) electrons.